The van der Waals surface area contributed by atoms with Gasteiger partial charge in [-0.15, -0.1) is 0 Å². The molecule has 6 heteroatoms. The number of hydrogen-bond donors (Lipinski definition) is 3. The first-order valence-electron chi connectivity index (χ1n) is 8.11. The lowest BCUT2D eigenvalue weighted by molar-refractivity contribution is -0.121. The number of nitrogens with two attached hydrogens (primary N) is 1. The molecule has 2 aromatic rings. The number of thiocarbonyl (C=S) groups is 1. The summed E-state index contributed by atoms with van der Waals surface area (Å²) >= 11 is 4.92. The number of carbonyl (C=O) groups excluding carboxylic acids is 1. The van der Waals surface area contributed by atoms with E-state index in [-0.39, 0.29) is 18.6 Å². The van der Waals surface area contributed by atoms with Gasteiger partial charge < -0.3 is 16.2 Å². The van der Waals surface area contributed by atoms with Crippen molar-refractivity contribution in [2.75, 3.05) is 18.5 Å². The number of anilines is 1. The van der Waals surface area contributed by atoms with Crippen LogP contribution in [-0.2, 0) is 11.3 Å². The van der Waals surface area contributed by atoms with E-state index in [0.717, 1.165) is 11.1 Å². The maximum Gasteiger partial charge on any atom is 0.241 e. The zero-order chi connectivity index (χ0) is 18.2. The van der Waals surface area contributed by atoms with E-state index in [0.29, 0.717) is 23.8 Å². The molecule has 0 aliphatic rings. The Morgan fingerprint density at radius 3 is 2.40 bits per heavy atom. The standard InChI is InChI=1S/C19H23N3O2S/c1-14(22(11-12-23)13-15-5-3-2-4-6-15)19(24)21-17-9-7-16(8-10-17)18(20)25/h2-10,14,23H,11-13H2,1H3,(H2,20,25)(H,21,24). The van der Waals surface area contributed by atoms with Crippen LogP contribution in [0, 0.1) is 0 Å². The minimum absolute atomic E-state index is 0.00685. The minimum Gasteiger partial charge on any atom is -0.395 e. The van der Waals surface area contributed by atoms with Gasteiger partial charge in [-0.3, -0.25) is 9.69 Å². The van der Waals surface area contributed by atoms with Crippen molar-refractivity contribution in [1.29, 1.82) is 0 Å². The predicted molar refractivity (Wildman–Crippen MR) is 104 cm³/mol. The summed E-state index contributed by atoms with van der Waals surface area (Å²) in [7, 11) is 0. The van der Waals surface area contributed by atoms with Crippen LogP contribution in [0.25, 0.3) is 0 Å². The molecule has 2 rings (SSSR count). The molecule has 2 aromatic carbocycles. The van der Waals surface area contributed by atoms with E-state index in [4.69, 9.17) is 18.0 Å². The fraction of sp³-hybridized carbons (Fsp3) is 0.263. The average molecular weight is 357 g/mol. The average Bonchev–Trinajstić information content (AvgIpc) is 2.62. The number of rotatable bonds is 8. The largest absolute Gasteiger partial charge is 0.395 e. The first kappa shape index (κ1) is 19.1. The Hall–Kier alpha value is -2.28. The Labute approximate surface area is 153 Å². The van der Waals surface area contributed by atoms with Crippen LogP contribution < -0.4 is 11.1 Å². The van der Waals surface area contributed by atoms with E-state index in [1.807, 2.05) is 42.2 Å². The first-order chi connectivity index (χ1) is 12.0. The highest BCUT2D eigenvalue weighted by Crippen LogP contribution is 2.13. The van der Waals surface area contributed by atoms with E-state index in [1.165, 1.54) is 0 Å². The maximum absolute atomic E-state index is 12.6. The van der Waals surface area contributed by atoms with Crippen LogP contribution in [0.2, 0.25) is 0 Å². The lowest BCUT2D eigenvalue weighted by Gasteiger charge is -2.27. The van der Waals surface area contributed by atoms with Crippen molar-refractivity contribution in [3.63, 3.8) is 0 Å². The molecule has 0 bridgehead atoms. The van der Waals surface area contributed by atoms with Gasteiger partial charge in [-0.05, 0) is 36.8 Å². The highest BCUT2D eigenvalue weighted by atomic mass is 32.1. The summed E-state index contributed by atoms with van der Waals surface area (Å²) in [6.07, 6.45) is 0. The highest BCUT2D eigenvalue weighted by molar-refractivity contribution is 7.80. The first-order valence-corrected chi connectivity index (χ1v) is 8.51. The molecule has 1 unspecified atom stereocenters. The van der Waals surface area contributed by atoms with Gasteiger partial charge in [0.15, 0.2) is 0 Å². The number of aliphatic hydroxyl groups excluding tert-OH is 1. The molecular weight excluding hydrogens is 334 g/mol. The van der Waals surface area contributed by atoms with E-state index in [9.17, 15) is 9.90 Å². The van der Waals surface area contributed by atoms with Gasteiger partial charge in [0.1, 0.15) is 4.99 Å². The zero-order valence-corrected chi connectivity index (χ0v) is 15.0. The molecule has 0 saturated carbocycles. The summed E-state index contributed by atoms with van der Waals surface area (Å²) in [5.74, 6) is -0.132. The molecule has 4 N–H and O–H groups in total. The fourth-order valence-electron chi connectivity index (χ4n) is 2.49. The number of nitrogens with zero attached hydrogens (tertiary/aromatic N) is 1. The predicted octanol–water partition coefficient (Wildman–Crippen LogP) is 2.14. The molecular formula is C19H23N3O2S. The zero-order valence-electron chi connectivity index (χ0n) is 14.2. The molecule has 132 valence electrons. The van der Waals surface area contributed by atoms with Crippen molar-refractivity contribution in [2.45, 2.75) is 19.5 Å². The Morgan fingerprint density at radius 1 is 1.20 bits per heavy atom. The monoisotopic (exact) mass is 357 g/mol. The van der Waals surface area contributed by atoms with Crippen LogP contribution >= 0.6 is 12.2 Å². The molecule has 0 fully saturated rings. The Kier molecular flexibility index (Phi) is 7.06. The molecule has 0 radical (unpaired) electrons. The third-order valence-corrected chi connectivity index (χ3v) is 4.22. The van der Waals surface area contributed by atoms with E-state index in [2.05, 4.69) is 5.32 Å². The topological polar surface area (TPSA) is 78.6 Å². The van der Waals surface area contributed by atoms with Crippen molar-refractivity contribution < 1.29 is 9.90 Å². The van der Waals surface area contributed by atoms with Gasteiger partial charge in [-0.1, -0.05) is 42.5 Å². The van der Waals surface area contributed by atoms with Gasteiger partial charge in [-0.2, -0.15) is 0 Å². The normalized spacial score (nSPS) is 12.0. The Morgan fingerprint density at radius 2 is 1.84 bits per heavy atom. The van der Waals surface area contributed by atoms with Crippen LogP contribution in [0.5, 0.6) is 0 Å². The Balaban J connectivity index is 2.03. The molecule has 0 spiro atoms. The molecule has 0 saturated heterocycles. The van der Waals surface area contributed by atoms with Gasteiger partial charge in [0.05, 0.1) is 12.6 Å². The summed E-state index contributed by atoms with van der Waals surface area (Å²) < 4.78 is 0. The van der Waals surface area contributed by atoms with E-state index < -0.39 is 0 Å². The SMILES string of the molecule is CC(C(=O)Nc1ccc(C(N)=S)cc1)N(CCO)Cc1ccccc1. The van der Waals surface area contributed by atoms with Crippen molar-refractivity contribution in [3.05, 3.63) is 65.7 Å². The second-order valence-corrected chi connectivity index (χ2v) is 6.23. The van der Waals surface area contributed by atoms with Crippen molar-refractivity contribution in [3.8, 4) is 0 Å². The maximum atomic E-state index is 12.6. The summed E-state index contributed by atoms with van der Waals surface area (Å²) in [5, 5.41) is 12.2. The van der Waals surface area contributed by atoms with Crippen LogP contribution in [-0.4, -0.2) is 40.1 Å². The summed E-state index contributed by atoms with van der Waals surface area (Å²) in [4.78, 5) is 14.8. The van der Waals surface area contributed by atoms with Crippen LogP contribution in [0.4, 0.5) is 5.69 Å². The number of nitrogens with one attached hydrogen (secondary N) is 1. The molecule has 0 aliphatic carbocycles. The summed E-state index contributed by atoms with van der Waals surface area (Å²) in [6, 6.07) is 16.6. The lowest BCUT2D eigenvalue weighted by atomic mass is 10.1. The van der Waals surface area contributed by atoms with Gasteiger partial charge in [0, 0.05) is 24.3 Å². The van der Waals surface area contributed by atoms with Gasteiger partial charge >= 0.3 is 0 Å². The van der Waals surface area contributed by atoms with Gasteiger partial charge in [0.2, 0.25) is 5.91 Å². The third kappa shape index (κ3) is 5.63. The van der Waals surface area contributed by atoms with Gasteiger partial charge in [-0.25, -0.2) is 0 Å². The molecule has 0 heterocycles. The molecule has 1 amide bonds. The number of carbonyl (C=O) groups is 1. The lowest BCUT2D eigenvalue weighted by Crippen LogP contribution is -2.43. The number of aliphatic hydroxyl groups is 1. The van der Waals surface area contributed by atoms with Crippen LogP contribution in [0.1, 0.15) is 18.1 Å². The smallest absolute Gasteiger partial charge is 0.241 e. The molecule has 0 aromatic heterocycles. The number of amides is 1. The highest BCUT2D eigenvalue weighted by Gasteiger charge is 2.21. The van der Waals surface area contributed by atoms with Crippen LogP contribution in [0.15, 0.2) is 54.6 Å². The van der Waals surface area contributed by atoms with Crippen molar-refractivity contribution in [2.24, 2.45) is 5.73 Å². The quantitative estimate of drug-likeness (QED) is 0.631. The molecule has 1 atom stereocenters. The summed E-state index contributed by atoms with van der Waals surface area (Å²) in [5.41, 5.74) is 8.10. The van der Waals surface area contributed by atoms with Crippen molar-refractivity contribution in [1.82, 2.24) is 4.90 Å². The molecule has 25 heavy (non-hydrogen) atoms. The van der Waals surface area contributed by atoms with Crippen molar-refractivity contribution >= 4 is 28.8 Å². The third-order valence-electron chi connectivity index (χ3n) is 3.98. The second kappa shape index (κ2) is 9.27. The Bertz CT molecular complexity index is 704. The minimum atomic E-state index is -0.386. The van der Waals surface area contributed by atoms with E-state index >= 15 is 0 Å². The molecule has 5 nitrogen and oxygen atoms in total. The fourth-order valence-corrected chi connectivity index (χ4v) is 2.62. The molecule has 0 aliphatic heterocycles. The van der Waals surface area contributed by atoms with Crippen LogP contribution in [0.3, 0.4) is 0 Å². The number of benzene rings is 2. The van der Waals surface area contributed by atoms with E-state index in [1.54, 1.807) is 24.3 Å². The summed E-state index contributed by atoms with van der Waals surface area (Å²) in [6.45, 7) is 2.84. The van der Waals surface area contributed by atoms with Gasteiger partial charge in [0.25, 0.3) is 0 Å². The number of hydrogen-bond acceptors (Lipinski definition) is 4. The second-order valence-electron chi connectivity index (χ2n) is 5.79.